The lowest BCUT2D eigenvalue weighted by molar-refractivity contribution is 0.101. The summed E-state index contributed by atoms with van der Waals surface area (Å²) in [6.07, 6.45) is 12.8. The number of hydrogen-bond donors (Lipinski definition) is 3. The summed E-state index contributed by atoms with van der Waals surface area (Å²) in [5.74, 6) is -0.883. The van der Waals surface area contributed by atoms with Gasteiger partial charge in [0.15, 0.2) is 0 Å². The number of nitriles is 1. The summed E-state index contributed by atoms with van der Waals surface area (Å²) in [5.41, 5.74) is 12.3. The first-order chi connectivity index (χ1) is 25.8. The molecule has 262 valence electrons. The van der Waals surface area contributed by atoms with Crippen molar-refractivity contribution in [2.24, 2.45) is 0 Å². The van der Waals surface area contributed by atoms with Crippen molar-refractivity contribution >= 4 is 28.9 Å². The molecule has 12 nitrogen and oxygen atoms in total. The zero-order chi connectivity index (χ0) is 36.9. The molecule has 0 radical (unpaired) electrons. The molecule has 4 N–H and O–H groups in total. The van der Waals surface area contributed by atoms with Crippen molar-refractivity contribution in [3.63, 3.8) is 0 Å². The number of nitrogen functional groups attached to an aromatic ring is 1. The van der Waals surface area contributed by atoms with Crippen molar-refractivity contribution < 1.29 is 9.59 Å². The predicted molar refractivity (Wildman–Crippen MR) is 201 cm³/mol. The summed E-state index contributed by atoms with van der Waals surface area (Å²) >= 11 is 0. The lowest BCUT2D eigenvalue weighted by Crippen LogP contribution is -2.31. The second-order valence-electron chi connectivity index (χ2n) is 12.7. The topological polar surface area (TPSA) is 178 Å². The van der Waals surface area contributed by atoms with Crippen molar-refractivity contribution in [2.75, 3.05) is 16.4 Å². The zero-order valence-electron chi connectivity index (χ0n) is 28.5. The van der Waals surface area contributed by atoms with Gasteiger partial charge in [0.05, 0.1) is 23.7 Å². The van der Waals surface area contributed by atoms with Crippen molar-refractivity contribution in [1.82, 2.24) is 19.1 Å². The molecule has 0 bridgehead atoms. The summed E-state index contributed by atoms with van der Waals surface area (Å²) in [6, 6.07) is 26.5. The van der Waals surface area contributed by atoms with Gasteiger partial charge in [-0.25, -0.2) is 0 Å². The Hall–Kier alpha value is -7.13. The number of carbonyl (C=O) groups excluding carboxylic acids is 2. The molecular formula is C41H34N8O4. The smallest absolute Gasteiger partial charge is 0.263 e. The number of carbonyl (C=O) groups is 2. The number of aromatic nitrogens is 4. The SMILES string of the molecule is N#Cc1cccc2c1CCC2n1cccc(C(=O)Nc2ccncc2)c1=O.Nc1cccc2c1CCC2n1cccc(C(=O)Nc2ccncc2)c1=O. The van der Waals surface area contributed by atoms with Crippen LogP contribution in [-0.4, -0.2) is 30.9 Å². The average molecular weight is 703 g/mol. The van der Waals surface area contributed by atoms with Gasteiger partial charge in [-0.05, 0) is 109 Å². The van der Waals surface area contributed by atoms with Crippen LogP contribution < -0.4 is 27.5 Å². The normalized spacial score (nSPS) is 15.2. The molecule has 0 saturated carbocycles. The molecule has 6 aromatic rings. The van der Waals surface area contributed by atoms with E-state index in [0.717, 1.165) is 53.6 Å². The first kappa shape index (κ1) is 34.3. The number of nitrogens with two attached hydrogens (primary N) is 1. The lowest BCUT2D eigenvalue weighted by Gasteiger charge is -2.16. The molecule has 2 atom stereocenters. The van der Waals surface area contributed by atoms with Crippen molar-refractivity contribution in [1.29, 1.82) is 5.26 Å². The maximum absolute atomic E-state index is 13.0. The van der Waals surface area contributed by atoms with Gasteiger partial charge in [0.1, 0.15) is 11.1 Å². The van der Waals surface area contributed by atoms with E-state index >= 15 is 0 Å². The van der Waals surface area contributed by atoms with Gasteiger partial charge in [0.25, 0.3) is 22.9 Å². The highest BCUT2D eigenvalue weighted by atomic mass is 16.2. The van der Waals surface area contributed by atoms with Gasteiger partial charge in [-0.15, -0.1) is 0 Å². The Morgan fingerprint density at radius 3 is 1.64 bits per heavy atom. The third-order valence-corrected chi connectivity index (χ3v) is 9.62. The summed E-state index contributed by atoms with van der Waals surface area (Å²) in [5, 5.41) is 14.7. The van der Waals surface area contributed by atoms with E-state index in [0.29, 0.717) is 16.9 Å². The molecule has 0 spiro atoms. The number of pyridine rings is 4. The zero-order valence-corrected chi connectivity index (χ0v) is 28.5. The maximum atomic E-state index is 13.0. The molecule has 2 aliphatic carbocycles. The minimum absolute atomic E-state index is 0.0826. The molecule has 0 aliphatic heterocycles. The van der Waals surface area contributed by atoms with Gasteiger partial charge < -0.3 is 25.5 Å². The average Bonchev–Trinajstić information content (AvgIpc) is 3.82. The van der Waals surface area contributed by atoms with Crippen LogP contribution in [0.4, 0.5) is 17.1 Å². The molecule has 2 aliphatic rings. The standard InChI is InChI=1S/C21H16N4O2.C20H18N4O2/c22-13-14-3-1-4-17-16(14)6-7-19(17)25-12-2-5-18(21(25)27)20(26)24-15-8-10-23-11-9-15;21-17-5-1-3-15-14(17)6-7-18(15)24-12-2-4-16(20(24)26)19(25)23-13-8-10-22-11-9-13/h1-5,8-12,19H,6-7H2,(H,23,24,26);1-5,8-12,18H,6-7,21H2,(H,22,23,25). The van der Waals surface area contributed by atoms with Crippen molar-refractivity contribution in [3.05, 3.63) is 182 Å². The largest absolute Gasteiger partial charge is 0.398 e. The molecule has 0 fully saturated rings. The quantitative estimate of drug-likeness (QED) is 0.190. The molecule has 4 heterocycles. The number of amides is 2. The monoisotopic (exact) mass is 702 g/mol. The Bertz CT molecular complexity index is 2490. The lowest BCUT2D eigenvalue weighted by atomic mass is 10.0. The second-order valence-corrected chi connectivity index (χ2v) is 12.7. The Labute approximate surface area is 304 Å². The third-order valence-electron chi connectivity index (χ3n) is 9.62. The number of fused-ring (bicyclic) bond motifs is 2. The summed E-state index contributed by atoms with van der Waals surface area (Å²) in [6.45, 7) is 0. The minimum atomic E-state index is -0.454. The van der Waals surface area contributed by atoms with Crippen LogP contribution in [0, 0.1) is 11.3 Å². The highest BCUT2D eigenvalue weighted by molar-refractivity contribution is 6.04. The van der Waals surface area contributed by atoms with E-state index in [1.807, 2.05) is 30.3 Å². The molecular weight excluding hydrogens is 669 g/mol. The van der Waals surface area contributed by atoms with Gasteiger partial charge in [-0.3, -0.25) is 29.1 Å². The Morgan fingerprint density at radius 2 is 1.13 bits per heavy atom. The van der Waals surface area contributed by atoms with Crippen LogP contribution in [0.3, 0.4) is 0 Å². The minimum Gasteiger partial charge on any atom is -0.398 e. The van der Waals surface area contributed by atoms with Crippen LogP contribution in [0.1, 0.15) is 73.5 Å². The van der Waals surface area contributed by atoms with Gasteiger partial charge in [-0.1, -0.05) is 24.3 Å². The van der Waals surface area contributed by atoms with E-state index in [1.54, 1.807) is 94.8 Å². The van der Waals surface area contributed by atoms with Crippen molar-refractivity contribution in [3.8, 4) is 6.07 Å². The molecule has 12 heteroatoms. The van der Waals surface area contributed by atoms with Crippen molar-refractivity contribution in [2.45, 2.75) is 37.8 Å². The Balaban J connectivity index is 0.000000164. The van der Waals surface area contributed by atoms with E-state index < -0.39 is 11.8 Å². The number of rotatable bonds is 6. The first-order valence-corrected chi connectivity index (χ1v) is 17.1. The fourth-order valence-corrected chi connectivity index (χ4v) is 7.10. The van der Waals surface area contributed by atoms with E-state index in [-0.39, 0.29) is 34.3 Å². The molecule has 8 rings (SSSR count). The number of nitrogens with one attached hydrogen (secondary N) is 2. The molecule has 4 aromatic heterocycles. The van der Waals surface area contributed by atoms with Gasteiger partial charge >= 0.3 is 0 Å². The Morgan fingerprint density at radius 1 is 0.660 bits per heavy atom. The van der Waals surface area contributed by atoms with E-state index in [2.05, 4.69) is 26.7 Å². The highest BCUT2D eigenvalue weighted by Crippen LogP contribution is 2.37. The molecule has 0 saturated heterocycles. The van der Waals surface area contributed by atoms with Gasteiger partial charge in [-0.2, -0.15) is 5.26 Å². The second kappa shape index (κ2) is 15.0. The van der Waals surface area contributed by atoms with Crippen LogP contribution in [0.2, 0.25) is 0 Å². The van der Waals surface area contributed by atoms with Crippen LogP contribution in [-0.2, 0) is 12.8 Å². The fourth-order valence-electron chi connectivity index (χ4n) is 7.10. The third kappa shape index (κ3) is 6.96. The summed E-state index contributed by atoms with van der Waals surface area (Å²) in [4.78, 5) is 58.8. The van der Waals surface area contributed by atoms with E-state index in [1.165, 1.54) is 6.07 Å². The number of anilines is 3. The van der Waals surface area contributed by atoms with E-state index in [4.69, 9.17) is 5.73 Å². The van der Waals surface area contributed by atoms with Crippen LogP contribution in [0.5, 0.6) is 0 Å². The predicted octanol–water partition coefficient (Wildman–Crippen LogP) is 5.52. The van der Waals surface area contributed by atoms with Crippen LogP contribution in [0.25, 0.3) is 0 Å². The van der Waals surface area contributed by atoms with Gasteiger partial charge in [0.2, 0.25) is 0 Å². The molecule has 2 unspecified atom stereocenters. The summed E-state index contributed by atoms with van der Waals surface area (Å²) in [7, 11) is 0. The molecule has 53 heavy (non-hydrogen) atoms. The van der Waals surface area contributed by atoms with Crippen LogP contribution in [0.15, 0.2) is 132 Å². The number of hydrogen-bond acceptors (Lipinski definition) is 8. The first-order valence-electron chi connectivity index (χ1n) is 17.1. The number of benzene rings is 2. The Kier molecular flexibility index (Phi) is 9.72. The maximum Gasteiger partial charge on any atom is 0.263 e. The molecule has 2 amide bonds. The van der Waals surface area contributed by atoms with Crippen LogP contribution >= 0.6 is 0 Å². The van der Waals surface area contributed by atoms with Gasteiger partial charge in [0, 0.05) is 54.2 Å². The fraction of sp³-hybridized carbons (Fsp3) is 0.146. The molecule has 2 aromatic carbocycles. The summed E-state index contributed by atoms with van der Waals surface area (Å²) < 4.78 is 3.22. The number of nitrogens with zero attached hydrogens (tertiary/aromatic N) is 5. The van der Waals surface area contributed by atoms with E-state index in [9.17, 15) is 24.4 Å². The highest BCUT2D eigenvalue weighted by Gasteiger charge is 2.29.